The fourth-order valence-electron chi connectivity index (χ4n) is 1.96. The molecule has 1 fully saturated rings. The van der Waals surface area contributed by atoms with E-state index in [1.165, 1.54) is 12.1 Å². The first-order valence-electron chi connectivity index (χ1n) is 6.57. The van der Waals surface area contributed by atoms with Crippen molar-refractivity contribution in [2.45, 2.75) is 31.8 Å². The summed E-state index contributed by atoms with van der Waals surface area (Å²) >= 11 is 0. The van der Waals surface area contributed by atoms with E-state index in [1.54, 1.807) is 17.0 Å². The van der Waals surface area contributed by atoms with Crippen LogP contribution in [0.4, 0.5) is 9.18 Å². The van der Waals surface area contributed by atoms with E-state index in [0.717, 1.165) is 18.4 Å². The first kappa shape index (κ1) is 14.3. The van der Waals surface area contributed by atoms with E-state index in [0.29, 0.717) is 6.54 Å². The summed E-state index contributed by atoms with van der Waals surface area (Å²) in [6.45, 7) is 0.432. The number of hydrogen-bond donors (Lipinski definition) is 2. The Balaban J connectivity index is 1.93. The molecule has 20 heavy (non-hydrogen) atoms. The van der Waals surface area contributed by atoms with Crippen molar-refractivity contribution >= 4 is 12.0 Å². The molecule has 0 unspecified atom stereocenters. The molecule has 2 amide bonds. The number of aliphatic carboxylic acids is 1. The predicted octanol–water partition coefficient (Wildman–Crippen LogP) is 1.97. The third-order valence-electron chi connectivity index (χ3n) is 3.11. The molecule has 0 atom stereocenters. The number of rotatable bonds is 6. The topological polar surface area (TPSA) is 69.6 Å². The van der Waals surface area contributed by atoms with E-state index < -0.39 is 5.97 Å². The summed E-state index contributed by atoms with van der Waals surface area (Å²) < 4.78 is 13.1. The van der Waals surface area contributed by atoms with Gasteiger partial charge in [-0.25, -0.2) is 9.18 Å². The van der Waals surface area contributed by atoms with E-state index in [1.807, 2.05) is 0 Å². The standard InChI is InChI=1S/C14H17FN2O3/c15-11-3-1-2-10(8-11)9-17(12-4-5-12)14(20)16-7-6-13(18)19/h1-3,8,12H,4-7,9H2,(H,16,20)(H,18,19). The highest BCUT2D eigenvalue weighted by molar-refractivity contribution is 5.76. The molecule has 1 aromatic carbocycles. The van der Waals surface area contributed by atoms with Crippen molar-refractivity contribution in [3.8, 4) is 0 Å². The Bertz CT molecular complexity index is 503. The van der Waals surface area contributed by atoms with Gasteiger partial charge < -0.3 is 15.3 Å². The van der Waals surface area contributed by atoms with Crippen LogP contribution in [0.25, 0.3) is 0 Å². The second-order valence-corrected chi connectivity index (χ2v) is 4.86. The number of nitrogens with zero attached hydrogens (tertiary/aromatic N) is 1. The molecule has 0 saturated heterocycles. The summed E-state index contributed by atoms with van der Waals surface area (Å²) in [6, 6.07) is 6.01. The van der Waals surface area contributed by atoms with E-state index in [9.17, 15) is 14.0 Å². The van der Waals surface area contributed by atoms with Gasteiger partial charge in [-0.3, -0.25) is 4.79 Å². The predicted molar refractivity (Wildman–Crippen MR) is 70.6 cm³/mol. The summed E-state index contributed by atoms with van der Waals surface area (Å²) in [6.07, 6.45) is 1.76. The van der Waals surface area contributed by atoms with Gasteiger partial charge in [-0.05, 0) is 30.5 Å². The number of hydrogen-bond acceptors (Lipinski definition) is 2. The lowest BCUT2D eigenvalue weighted by Crippen LogP contribution is -2.41. The molecule has 0 radical (unpaired) electrons. The lowest BCUT2D eigenvalue weighted by molar-refractivity contribution is -0.136. The van der Waals surface area contributed by atoms with Gasteiger partial charge >= 0.3 is 12.0 Å². The van der Waals surface area contributed by atoms with Gasteiger partial charge in [0.05, 0.1) is 6.42 Å². The maximum absolute atomic E-state index is 13.1. The Kier molecular flexibility index (Phi) is 4.55. The number of carbonyl (C=O) groups is 2. The minimum atomic E-state index is -0.951. The fraction of sp³-hybridized carbons (Fsp3) is 0.429. The monoisotopic (exact) mass is 280 g/mol. The summed E-state index contributed by atoms with van der Waals surface area (Å²) in [7, 11) is 0. The molecule has 2 N–H and O–H groups in total. The average Bonchev–Trinajstić information content (AvgIpc) is 3.19. The SMILES string of the molecule is O=C(O)CCNC(=O)N(Cc1cccc(F)c1)C1CC1. The Morgan fingerprint density at radius 1 is 1.40 bits per heavy atom. The molecule has 5 nitrogen and oxygen atoms in total. The maximum Gasteiger partial charge on any atom is 0.317 e. The third kappa shape index (κ3) is 4.22. The van der Waals surface area contributed by atoms with Crippen LogP contribution in [0.2, 0.25) is 0 Å². The van der Waals surface area contributed by atoms with Crippen molar-refractivity contribution in [2.75, 3.05) is 6.54 Å². The Labute approximate surface area is 116 Å². The van der Waals surface area contributed by atoms with Gasteiger partial charge in [0.15, 0.2) is 0 Å². The van der Waals surface area contributed by atoms with Crippen LogP contribution in [-0.4, -0.2) is 34.6 Å². The minimum Gasteiger partial charge on any atom is -0.481 e. The van der Waals surface area contributed by atoms with Gasteiger partial charge in [-0.2, -0.15) is 0 Å². The minimum absolute atomic E-state index is 0.0978. The molecule has 1 saturated carbocycles. The number of benzene rings is 1. The molecule has 1 aromatic rings. The second-order valence-electron chi connectivity index (χ2n) is 4.86. The number of nitrogens with one attached hydrogen (secondary N) is 1. The molecular weight excluding hydrogens is 263 g/mol. The second kappa shape index (κ2) is 6.36. The van der Waals surface area contributed by atoms with Crippen LogP contribution >= 0.6 is 0 Å². The maximum atomic E-state index is 13.1. The van der Waals surface area contributed by atoms with Crippen molar-refractivity contribution in [3.63, 3.8) is 0 Å². The highest BCUT2D eigenvalue weighted by atomic mass is 19.1. The third-order valence-corrected chi connectivity index (χ3v) is 3.11. The Hall–Kier alpha value is -2.11. The van der Waals surface area contributed by atoms with Gasteiger partial charge in [-0.15, -0.1) is 0 Å². The Morgan fingerprint density at radius 2 is 2.15 bits per heavy atom. The quantitative estimate of drug-likeness (QED) is 0.837. The van der Waals surface area contributed by atoms with Crippen molar-refractivity contribution in [2.24, 2.45) is 0 Å². The van der Waals surface area contributed by atoms with E-state index in [-0.39, 0.29) is 30.9 Å². The summed E-state index contributed by atoms with van der Waals surface area (Å²) in [5.74, 6) is -1.28. The van der Waals surface area contributed by atoms with Crippen molar-refractivity contribution < 1.29 is 19.1 Å². The van der Waals surface area contributed by atoms with Gasteiger partial charge in [-0.1, -0.05) is 12.1 Å². The van der Waals surface area contributed by atoms with E-state index in [2.05, 4.69) is 5.32 Å². The number of amides is 2. The highest BCUT2D eigenvalue weighted by Crippen LogP contribution is 2.28. The molecule has 0 heterocycles. The van der Waals surface area contributed by atoms with Crippen LogP contribution in [0.5, 0.6) is 0 Å². The lowest BCUT2D eigenvalue weighted by Gasteiger charge is -2.23. The van der Waals surface area contributed by atoms with Gasteiger partial charge in [0.25, 0.3) is 0 Å². The average molecular weight is 280 g/mol. The molecule has 0 aromatic heterocycles. The van der Waals surface area contributed by atoms with Crippen molar-refractivity contribution in [1.82, 2.24) is 10.2 Å². The summed E-state index contributed by atoms with van der Waals surface area (Å²) in [5.41, 5.74) is 0.727. The van der Waals surface area contributed by atoms with Gasteiger partial charge in [0.1, 0.15) is 5.82 Å². The van der Waals surface area contributed by atoms with E-state index >= 15 is 0 Å². The Morgan fingerprint density at radius 3 is 2.75 bits per heavy atom. The first-order chi connectivity index (χ1) is 9.56. The molecule has 0 spiro atoms. The lowest BCUT2D eigenvalue weighted by atomic mass is 10.2. The van der Waals surface area contributed by atoms with Crippen LogP contribution in [0, 0.1) is 5.82 Å². The zero-order valence-corrected chi connectivity index (χ0v) is 11.0. The van der Waals surface area contributed by atoms with Crippen molar-refractivity contribution in [1.29, 1.82) is 0 Å². The summed E-state index contributed by atoms with van der Waals surface area (Å²) in [5, 5.41) is 11.1. The van der Waals surface area contributed by atoms with Gasteiger partial charge in [0.2, 0.25) is 0 Å². The van der Waals surface area contributed by atoms with Crippen LogP contribution in [0.15, 0.2) is 24.3 Å². The molecular formula is C14H17FN2O3. The number of carboxylic acid groups (broad SMARTS) is 1. The molecule has 108 valence electrons. The normalized spacial score (nSPS) is 13.8. The molecule has 0 aliphatic heterocycles. The molecule has 0 bridgehead atoms. The molecule has 1 aliphatic rings. The molecule has 2 rings (SSSR count). The van der Waals surface area contributed by atoms with Crippen LogP contribution in [0.3, 0.4) is 0 Å². The molecule has 6 heteroatoms. The van der Waals surface area contributed by atoms with Crippen LogP contribution in [-0.2, 0) is 11.3 Å². The highest BCUT2D eigenvalue weighted by Gasteiger charge is 2.32. The largest absolute Gasteiger partial charge is 0.481 e. The fourth-order valence-corrected chi connectivity index (χ4v) is 1.96. The van der Waals surface area contributed by atoms with Crippen molar-refractivity contribution in [3.05, 3.63) is 35.6 Å². The van der Waals surface area contributed by atoms with Crippen LogP contribution in [0.1, 0.15) is 24.8 Å². The number of halogens is 1. The van der Waals surface area contributed by atoms with Gasteiger partial charge in [0, 0.05) is 19.1 Å². The number of urea groups is 1. The number of carbonyl (C=O) groups excluding carboxylic acids is 1. The number of carboxylic acids is 1. The zero-order valence-electron chi connectivity index (χ0n) is 11.0. The van der Waals surface area contributed by atoms with E-state index in [4.69, 9.17) is 5.11 Å². The smallest absolute Gasteiger partial charge is 0.317 e. The zero-order chi connectivity index (χ0) is 14.5. The summed E-state index contributed by atoms with van der Waals surface area (Å²) in [4.78, 5) is 24.1. The molecule has 1 aliphatic carbocycles. The van der Waals surface area contributed by atoms with Crippen LogP contribution < -0.4 is 5.32 Å². The first-order valence-corrected chi connectivity index (χ1v) is 6.57.